The Morgan fingerprint density at radius 2 is 1.93 bits per heavy atom. The van der Waals surface area contributed by atoms with Crippen LogP contribution in [0.15, 0.2) is 4.90 Å². The molecule has 0 aromatic carbocycles. The summed E-state index contributed by atoms with van der Waals surface area (Å²) in [5.41, 5.74) is 1.15. The second-order valence-corrected chi connectivity index (χ2v) is 9.33. The molecule has 1 aromatic heterocycles. The van der Waals surface area contributed by atoms with E-state index in [2.05, 4.69) is 10.2 Å². The fraction of sp³-hybridized carbons (Fsp3) is 0.750. The van der Waals surface area contributed by atoms with Crippen LogP contribution in [0.5, 0.6) is 0 Å². The fourth-order valence-electron chi connectivity index (χ4n) is 4.43. The summed E-state index contributed by atoms with van der Waals surface area (Å²) in [5, 5.41) is 3.64. The van der Waals surface area contributed by atoms with Crippen molar-refractivity contribution in [3.63, 3.8) is 0 Å². The Labute approximate surface area is 170 Å². The van der Waals surface area contributed by atoms with Gasteiger partial charge in [-0.05, 0) is 25.7 Å². The van der Waals surface area contributed by atoms with E-state index in [1.165, 1.54) is 4.90 Å². The summed E-state index contributed by atoms with van der Waals surface area (Å²) >= 11 is 1.85. The van der Waals surface area contributed by atoms with Gasteiger partial charge in [0.25, 0.3) is 0 Å². The van der Waals surface area contributed by atoms with Crippen molar-refractivity contribution in [1.29, 1.82) is 0 Å². The molecule has 0 amide bonds. The molecule has 0 unspecified atom stereocenters. The molecule has 0 atom stereocenters. The Morgan fingerprint density at radius 3 is 2.71 bits per heavy atom. The van der Waals surface area contributed by atoms with Crippen molar-refractivity contribution in [2.45, 2.75) is 62.0 Å². The Morgan fingerprint density at radius 1 is 1.14 bits per heavy atom. The van der Waals surface area contributed by atoms with Gasteiger partial charge >= 0.3 is 5.97 Å². The van der Waals surface area contributed by atoms with Crippen molar-refractivity contribution in [1.82, 2.24) is 9.97 Å². The normalized spacial score (nSPS) is 23.5. The van der Waals surface area contributed by atoms with Crippen molar-refractivity contribution < 1.29 is 14.3 Å². The Bertz CT molecular complexity index is 728. The molecule has 5 rings (SSSR count). The predicted molar refractivity (Wildman–Crippen MR) is 108 cm³/mol. The lowest BCUT2D eigenvalue weighted by Crippen LogP contribution is -2.54. The zero-order valence-corrected chi connectivity index (χ0v) is 17.0. The number of aryl methyl sites for hydroxylation is 1. The van der Waals surface area contributed by atoms with Gasteiger partial charge in [-0.2, -0.15) is 4.98 Å². The van der Waals surface area contributed by atoms with E-state index in [4.69, 9.17) is 19.4 Å². The number of rotatable bonds is 5. The largest absolute Gasteiger partial charge is 0.458 e. The lowest BCUT2D eigenvalue weighted by molar-refractivity contribution is -0.155. The van der Waals surface area contributed by atoms with Crippen molar-refractivity contribution in [3.05, 3.63) is 5.69 Å². The van der Waals surface area contributed by atoms with E-state index in [0.29, 0.717) is 19.1 Å². The molecule has 7 nitrogen and oxygen atoms in total. The molecule has 4 aliphatic rings. The highest BCUT2D eigenvalue weighted by molar-refractivity contribution is 7.99. The van der Waals surface area contributed by atoms with E-state index in [1.807, 2.05) is 11.8 Å². The molecule has 1 aromatic rings. The molecular weight excluding hydrogens is 376 g/mol. The Balaban J connectivity index is 1.23. The maximum Gasteiger partial charge on any atom is 0.309 e. The third-order valence-electron chi connectivity index (χ3n) is 6.17. The zero-order chi connectivity index (χ0) is 18.9. The summed E-state index contributed by atoms with van der Waals surface area (Å²) in [7, 11) is 0. The van der Waals surface area contributed by atoms with Gasteiger partial charge in [0.2, 0.25) is 5.95 Å². The summed E-state index contributed by atoms with van der Waals surface area (Å²) in [6, 6.07) is 0.415. The van der Waals surface area contributed by atoms with Gasteiger partial charge in [0.15, 0.2) is 0 Å². The molecule has 1 saturated carbocycles. The van der Waals surface area contributed by atoms with Gasteiger partial charge in [0.1, 0.15) is 11.9 Å². The molecule has 28 heavy (non-hydrogen) atoms. The van der Waals surface area contributed by atoms with Crippen LogP contribution in [-0.4, -0.2) is 60.1 Å². The number of esters is 1. The number of aromatic nitrogens is 2. The maximum atomic E-state index is 12.2. The summed E-state index contributed by atoms with van der Waals surface area (Å²) in [5.74, 6) is 2.93. The first kappa shape index (κ1) is 18.5. The quantitative estimate of drug-likeness (QED) is 0.751. The van der Waals surface area contributed by atoms with Crippen molar-refractivity contribution in [2.75, 3.05) is 42.3 Å². The number of ether oxygens (including phenoxy) is 2. The molecule has 0 radical (unpaired) electrons. The summed E-state index contributed by atoms with van der Waals surface area (Å²) in [6.07, 6.45) is 7.28. The number of carbonyl (C=O) groups excluding carboxylic acids is 1. The number of hydrogen-bond donors (Lipinski definition) is 1. The molecule has 8 heteroatoms. The minimum absolute atomic E-state index is 0.00436. The average Bonchev–Trinajstić information content (AvgIpc) is 3.36. The number of fused-ring (bicyclic) bond motifs is 1. The highest BCUT2D eigenvalue weighted by atomic mass is 32.2. The van der Waals surface area contributed by atoms with E-state index in [1.54, 1.807) is 0 Å². The highest BCUT2D eigenvalue weighted by Gasteiger charge is 2.35. The standard InChI is InChI=1S/C20H28N4O3S/c25-19(13-3-1-2-4-13)27-15-11-24(12-15)20-22-16-7-10-28-17(16)18(23-20)21-14-5-8-26-9-6-14/h13-15H,1-12H2,(H,21,22,23). The van der Waals surface area contributed by atoms with Crippen LogP contribution in [0.25, 0.3) is 0 Å². The van der Waals surface area contributed by atoms with Gasteiger partial charge < -0.3 is 19.7 Å². The molecule has 2 saturated heterocycles. The average molecular weight is 405 g/mol. The summed E-state index contributed by atoms with van der Waals surface area (Å²) < 4.78 is 11.2. The van der Waals surface area contributed by atoms with E-state index >= 15 is 0 Å². The van der Waals surface area contributed by atoms with Crippen LogP contribution in [0.3, 0.4) is 0 Å². The molecule has 3 fully saturated rings. The molecule has 1 N–H and O–H groups in total. The number of hydrogen-bond acceptors (Lipinski definition) is 8. The van der Waals surface area contributed by atoms with Gasteiger partial charge in [-0.15, -0.1) is 11.8 Å². The van der Waals surface area contributed by atoms with E-state index in [9.17, 15) is 4.79 Å². The number of nitrogens with zero attached hydrogens (tertiary/aromatic N) is 3. The van der Waals surface area contributed by atoms with Gasteiger partial charge in [0, 0.05) is 31.4 Å². The third-order valence-corrected chi connectivity index (χ3v) is 7.30. The lowest BCUT2D eigenvalue weighted by Gasteiger charge is -2.39. The van der Waals surface area contributed by atoms with Crippen LogP contribution < -0.4 is 10.2 Å². The summed E-state index contributed by atoms with van der Waals surface area (Å²) in [4.78, 5) is 25.2. The number of carbonyl (C=O) groups is 1. The number of nitrogens with one attached hydrogen (secondary N) is 1. The van der Waals surface area contributed by atoms with Gasteiger partial charge in [-0.25, -0.2) is 4.98 Å². The minimum Gasteiger partial charge on any atom is -0.458 e. The van der Waals surface area contributed by atoms with Crippen LogP contribution in [0.4, 0.5) is 11.8 Å². The first-order valence-electron chi connectivity index (χ1n) is 10.6. The third kappa shape index (κ3) is 3.81. The van der Waals surface area contributed by atoms with Crippen molar-refractivity contribution in [3.8, 4) is 0 Å². The first-order chi connectivity index (χ1) is 13.8. The van der Waals surface area contributed by atoms with Crippen LogP contribution in [0.2, 0.25) is 0 Å². The minimum atomic E-state index is -0.0220. The SMILES string of the molecule is O=C(OC1CN(c2nc3c(c(NC4CCOCC4)n2)SCC3)C1)C1CCCC1. The number of anilines is 2. The van der Waals surface area contributed by atoms with E-state index in [0.717, 1.165) is 81.4 Å². The molecule has 3 aliphatic heterocycles. The van der Waals surface area contributed by atoms with E-state index in [-0.39, 0.29) is 18.0 Å². The molecule has 4 heterocycles. The lowest BCUT2D eigenvalue weighted by atomic mass is 10.1. The molecule has 152 valence electrons. The van der Waals surface area contributed by atoms with Crippen LogP contribution in [-0.2, 0) is 20.7 Å². The van der Waals surface area contributed by atoms with Crippen molar-refractivity contribution in [2.24, 2.45) is 5.92 Å². The topological polar surface area (TPSA) is 76.6 Å². The maximum absolute atomic E-state index is 12.2. The van der Waals surface area contributed by atoms with Crippen LogP contribution in [0.1, 0.15) is 44.2 Å². The van der Waals surface area contributed by atoms with E-state index < -0.39 is 0 Å². The molecular formula is C20H28N4O3S. The smallest absolute Gasteiger partial charge is 0.309 e. The fourth-order valence-corrected chi connectivity index (χ4v) is 5.48. The zero-order valence-electron chi connectivity index (χ0n) is 16.2. The highest BCUT2D eigenvalue weighted by Crippen LogP contribution is 2.38. The second kappa shape index (κ2) is 8.06. The Kier molecular flexibility index (Phi) is 5.32. The first-order valence-corrected chi connectivity index (χ1v) is 11.6. The van der Waals surface area contributed by atoms with Gasteiger partial charge in [-0.3, -0.25) is 4.79 Å². The van der Waals surface area contributed by atoms with Crippen molar-refractivity contribution >= 4 is 29.5 Å². The van der Waals surface area contributed by atoms with Gasteiger partial charge in [0.05, 0.1) is 29.6 Å². The monoisotopic (exact) mass is 404 g/mol. The number of thioether (sulfide) groups is 1. The Hall–Kier alpha value is -1.54. The van der Waals surface area contributed by atoms with Crippen LogP contribution in [0, 0.1) is 5.92 Å². The van der Waals surface area contributed by atoms with Crippen LogP contribution >= 0.6 is 11.8 Å². The second-order valence-electron chi connectivity index (χ2n) is 8.22. The summed E-state index contributed by atoms with van der Waals surface area (Å²) in [6.45, 7) is 3.01. The molecule has 0 bridgehead atoms. The molecule has 1 aliphatic carbocycles. The predicted octanol–water partition coefficient (Wildman–Crippen LogP) is 2.64. The van der Waals surface area contributed by atoms with Gasteiger partial charge in [-0.1, -0.05) is 12.8 Å². The molecule has 0 spiro atoms.